The molecule has 6 nitrogen and oxygen atoms in total. The third-order valence-electron chi connectivity index (χ3n) is 7.41. The van der Waals surface area contributed by atoms with Gasteiger partial charge in [0.1, 0.15) is 11.9 Å². The predicted octanol–water partition coefficient (Wildman–Crippen LogP) is 5.11. The fraction of sp³-hybridized carbons (Fsp3) is 0.478. The van der Waals surface area contributed by atoms with Crippen LogP contribution in [0.5, 0.6) is 0 Å². The van der Waals surface area contributed by atoms with Crippen molar-refractivity contribution in [2.75, 3.05) is 6.61 Å². The molecular weight excluding hydrogens is 404 g/mol. The number of fused-ring (bicyclic) bond motifs is 1. The van der Waals surface area contributed by atoms with Crippen LogP contribution in [-0.2, 0) is 11.2 Å². The van der Waals surface area contributed by atoms with Crippen molar-refractivity contribution in [3.05, 3.63) is 41.1 Å². The van der Waals surface area contributed by atoms with Crippen molar-refractivity contribution < 1.29 is 23.4 Å². The zero-order valence-corrected chi connectivity index (χ0v) is 17.1. The molecule has 162 valence electrons. The number of carboxylic acids is 1. The summed E-state index contributed by atoms with van der Waals surface area (Å²) in [5.74, 6) is -4.63. The highest BCUT2D eigenvalue weighted by atomic mass is 19.3. The first-order chi connectivity index (χ1) is 14.8. The minimum absolute atomic E-state index is 0.172. The Morgan fingerprint density at radius 1 is 1.32 bits per heavy atom. The fourth-order valence-corrected chi connectivity index (χ4v) is 5.61. The number of nitrogens with zero attached hydrogens (tertiary/aromatic N) is 2. The first-order valence-corrected chi connectivity index (χ1v) is 10.8. The maximum Gasteiger partial charge on any atom is 0.335 e. The second-order valence-corrected chi connectivity index (χ2v) is 9.38. The molecule has 0 spiro atoms. The van der Waals surface area contributed by atoms with E-state index in [2.05, 4.69) is 4.98 Å². The lowest BCUT2D eigenvalue weighted by Crippen LogP contribution is -2.59. The van der Waals surface area contributed by atoms with E-state index in [-0.39, 0.29) is 18.2 Å². The number of halogens is 2. The van der Waals surface area contributed by atoms with E-state index in [1.54, 1.807) is 19.1 Å². The van der Waals surface area contributed by atoms with Crippen molar-refractivity contribution in [2.45, 2.75) is 57.1 Å². The number of aromatic amines is 1. The van der Waals surface area contributed by atoms with Crippen molar-refractivity contribution in [3.8, 4) is 11.4 Å². The third kappa shape index (κ3) is 2.51. The molecule has 2 aromatic heterocycles. The van der Waals surface area contributed by atoms with E-state index in [9.17, 15) is 9.90 Å². The molecule has 1 aliphatic heterocycles. The Hall–Kier alpha value is -2.74. The quantitative estimate of drug-likeness (QED) is 0.609. The summed E-state index contributed by atoms with van der Waals surface area (Å²) in [5.41, 5.74) is 2.42. The molecule has 0 amide bonds. The van der Waals surface area contributed by atoms with Crippen LogP contribution in [0, 0.1) is 5.41 Å². The molecule has 1 saturated heterocycles. The number of carbonyl (C=O) groups is 1. The van der Waals surface area contributed by atoms with Crippen LogP contribution in [0.25, 0.3) is 22.3 Å². The van der Waals surface area contributed by atoms with Crippen LogP contribution in [0.3, 0.4) is 0 Å². The summed E-state index contributed by atoms with van der Waals surface area (Å²) in [6.45, 7) is 2.32. The first kappa shape index (κ1) is 19.0. The van der Waals surface area contributed by atoms with Gasteiger partial charge in [0.2, 0.25) is 0 Å². The van der Waals surface area contributed by atoms with Crippen LogP contribution in [0.15, 0.2) is 24.3 Å². The summed E-state index contributed by atoms with van der Waals surface area (Å²) in [5, 5.41) is 14.9. The van der Waals surface area contributed by atoms with Gasteiger partial charge in [-0.15, -0.1) is 0 Å². The standard InChI is InChI=1S/C23H23F2N3O3/c1-22-10-14(23(22,24)25)19-17(11-22)28(18-4-2-3-7-31-18)27-20(19)16-8-12-5-6-13(21(29)30)9-15(12)26-16/h5-6,8-9,14,18,26H,2-4,7,10-11H2,1H3,(H,29,30)/t14-,18?,22+/m1/s1. The monoisotopic (exact) mass is 427 g/mol. The van der Waals surface area contributed by atoms with Crippen molar-refractivity contribution >= 4 is 16.9 Å². The van der Waals surface area contributed by atoms with Gasteiger partial charge in [-0.05, 0) is 43.9 Å². The Balaban J connectivity index is 1.52. The van der Waals surface area contributed by atoms with Crippen LogP contribution in [-0.4, -0.2) is 38.4 Å². The lowest BCUT2D eigenvalue weighted by molar-refractivity contribution is -0.222. The molecule has 1 saturated carbocycles. The number of aromatic nitrogens is 3. The maximum absolute atomic E-state index is 15.1. The predicted molar refractivity (Wildman–Crippen MR) is 109 cm³/mol. The SMILES string of the molecule is C[C@@]12Cc3c(c(-c4cc5ccc(C(=O)O)cc5[nH]4)nn3C3CCCCO3)[C@@H](C1)C2(F)F. The van der Waals surface area contributed by atoms with Gasteiger partial charge in [-0.2, -0.15) is 5.10 Å². The van der Waals surface area contributed by atoms with Gasteiger partial charge in [-0.1, -0.05) is 13.0 Å². The molecule has 1 unspecified atom stereocenters. The molecule has 2 fully saturated rings. The summed E-state index contributed by atoms with van der Waals surface area (Å²) in [7, 11) is 0. The van der Waals surface area contributed by atoms with Gasteiger partial charge in [0.25, 0.3) is 5.92 Å². The fourth-order valence-electron chi connectivity index (χ4n) is 5.61. The van der Waals surface area contributed by atoms with Crippen LogP contribution in [0.4, 0.5) is 8.78 Å². The van der Waals surface area contributed by atoms with E-state index in [1.807, 2.05) is 10.7 Å². The van der Waals surface area contributed by atoms with Crippen LogP contribution in [0.1, 0.15) is 66.4 Å². The second-order valence-electron chi connectivity index (χ2n) is 9.38. The molecule has 2 bridgehead atoms. The number of alkyl halides is 2. The summed E-state index contributed by atoms with van der Waals surface area (Å²) in [6, 6.07) is 6.68. The Morgan fingerprint density at radius 3 is 2.87 bits per heavy atom. The first-order valence-electron chi connectivity index (χ1n) is 10.8. The highest BCUT2D eigenvalue weighted by Gasteiger charge is 2.70. The number of hydrogen-bond donors (Lipinski definition) is 2. The summed E-state index contributed by atoms with van der Waals surface area (Å²) in [6.07, 6.45) is 3.34. The van der Waals surface area contributed by atoms with Gasteiger partial charge in [0.05, 0.1) is 17.2 Å². The van der Waals surface area contributed by atoms with Gasteiger partial charge >= 0.3 is 5.97 Å². The molecule has 8 heteroatoms. The highest BCUT2D eigenvalue weighted by molar-refractivity contribution is 5.95. The van der Waals surface area contributed by atoms with Crippen molar-refractivity contribution in [3.63, 3.8) is 0 Å². The van der Waals surface area contributed by atoms with Gasteiger partial charge < -0.3 is 14.8 Å². The Bertz CT molecular complexity index is 1220. The summed E-state index contributed by atoms with van der Waals surface area (Å²) in [4.78, 5) is 14.5. The zero-order chi connectivity index (χ0) is 21.5. The van der Waals surface area contributed by atoms with E-state index in [0.29, 0.717) is 35.5 Å². The molecule has 7 rings (SSSR count). The number of nitrogens with one attached hydrogen (secondary N) is 1. The number of carboxylic acid groups (broad SMARTS) is 1. The average molecular weight is 427 g/mol. The number of ether oxygens (including phenoxy) is 1. The van der Waals surface area contributed by atoms with Gasteiger partial charge in [0.15, 0.2) is 0 Å². The number of H-pyrrole nitrogens is 1. The van der Waals surface area contributed by atoms with Gasteiger partial charge in [-0.3, -0.25) is 0 Å². The van der Waals surface area contributed by atoms with Gasteiger partial charge in [0, 0.05) is 40.6 Å². The summed E-state index contributed by atoms with van der Waals surface area (Å²) >= 11 is 0. The molecular formula is C23H23F2N3O3. The van der Waals surface area contributed by atoms with E-state index in [0.717, 1.165) is 30.3 Å². The Labute approximate surface area is 177 Å². The number of rotatable bonds is 3. The van der Waals surface area contributed by atoms with E-state index in [1.165, 1.54) is 6.07 Å². The topological polar surface area (TPSA) is 80.1 Å². The minimum atomic E-state index is -2.77. The molecule has 3 atom stereocenters. The Morgan fingerprint density at radius 2 is 2.16 bits per heavy atom. The minimum Gasteiger partial charge on any atom is -0.478 e. The second kappa shape index (κ2) is 6.16. The largest absolute Gasteiger partial charge is 0.478 e. The third-order valence-corrected chi connectivity index (χ3v) is 7.41. The summed E-state index contributed by atoms with van der Waals surface area (Å²) < 4.78 is 37.9. The van der Waals surface area contributed by atoms with Crippen LogP contribution in [0.2, 0.25) is 0 Å². The maximum atomic E-state index is 15.1. The molecule has 0 radical (unpaired) electrons. The van der Waals surface area contributed by atoms with E-state index < -0.39 is 23.2 Å². The highest BCUT2D eigenvalue weighted by Crippen LogP contribution is 2.68. The van der Waals surface area contributed by atoms with Crippen molar-refractivity contribution in [2.24, 2.45) is 5.41 Å². The number of hydrogen-bond acceptors (Lipinski definition) is 3. The number of aromatic carboxylic acids is 1. The molecule has 4 aliphatic rings. The van der Waals surface area contributed by atoms with Crippen molar-refractivity contribution in [1.29, 1.82) is 0 Å². The van der Waals surface area contributed by atoms with Crippen LogP contribution < -0.4 is 0 Å². The van der Waals surface area contributed by atoms with E-state index in [4.69, 9.17) is 9.84 Å². The lowest BCUT2D eigenvalue weighted by atomic mass is 9.51. The molecule has 1 aromatic carbocycles. The molecule has 3 aromatic rings. The molecule has 2 N–H and O–H groups in total. The zero-order valence-electron chi connectivity index (χ0n) is 17.1. The van der Waals surface area contributed by atoms with Gasteiger partial charge in [-0.25, -0.2) is 18.3 Å². The normalized spacial score (nSPS) is 28.9. The number of benzene rings is 1. The van der Waals surface area contributed by atoms with E-state index >= 15 is 8.78 Å². The average Bonchev–Trinajstić information content (AvgIpc) is 3.34. The molecule has 31 heavy (non-hydrogen) atoms. The smallest absolute Gasteiger partial charge is 0.335 e. The van der Waals surface area contributed by atoms with Crippen LogP contribution >= 0.6 is 0 Å². The molecule has 3 aliphatic carbocycles. The van der Waals surface area contributed by atoms with Crippen molar-refractivity contribution in [1.82, 2.24) is 14.8 Å². The molecule has 3 heterocycles. The lowest BCUT2D eigenvalue weighted by Gasteiger charge is -2.56. The Kier molecular flexibility index (Phi) is 3.77.